The molecule has 188 valence electrons. The molecule has 1 saturated heterocycles. The van der Waals surface area contributed by atoms with E-state index in [-0.39, 0.29) is 24.1 Å². The molecule has 2 aromatic carbocycles. The van der Waals surface area contributed by atoms with Gasteiger partial charge in [-0.2, -0.15) is 0 Å². The molecule has 6 nitrogen and oxygen atoms in total. The lowest BCUT2D eigenvalue weighted by Gasteiger charge is -2.37. The SMILES string of the molecule is CCOC(=O)C1=C(C)NC2=C(C(=O)C[C@@H](c3ccc(F)cc3)C2)[C@@H]1c1ccc(N2CCOCC2)cc1. The van der Waals surface area contributed by atoms with Crippen LogP contribution in [0.15, 0.2) is 71.1 Å². The van der Waals surface area contributed by atoms with Gasteiger partial charge in [0.2, 0.25) is 0 Å². The highest BCUT2D eigenvalue weighted by Gasteiger charge is 2.41. The Bertz CT molecular complexity index is 1210. The topological polar surface area (TPSA) is 67.9 Å². The third kappa shape index (κ3) is 4.67. The van der Waals surface area contributed by atoms with E-state index in [4.69, 9.17) is 9.47 Å². The minimum atomic E-state index is -0.499. The Hall–Kier alpha value is -3.45. The molecule has 0 spiro atoms. The zero-order valence-corrected chi connectivity index (χ0v) is 20.7. The highest BCUT2D eigenvalue weighted by molar-refractivity contribution is 6.04. The molecule has 3 aliphatic rings. The number of nitrogens with zero attached hydrogens (tertiary/aromatic N) is 1. The summed E-state index contributed by atoms with van der Waals surface area (Å²) in [6, 6.07) is 14.5. The van der Waals surface area contributed by atoms with Gasteiger partial charge in [0.05, 0.1) is 25.4 Å². The van der Waals surface area contributed by atoms with Crippen molar-refractivity contribution >= 4 is 17.4 Å². The number of rotatable bonds is 5. The van der Waals surface area contributed by atoms with E-state index in [0.29, 0.717) is 42.9 Å². The van der Waals surface area contributed by atoms with Crippen LogP contribution in [0.5, 0.6) is 0 Å². The maximum Gasteiger partial charge on any atom is 0.336 e. The molecule has 0 radical (unpaired) electrons. The monoisotopic (exact) mass is 490 g/mol. The molecule has 0 bridgehead atoms. The first kappa shape index (κ1) is 24.3. The number of halogens is 1. The molecule has 2 aliphatic heterocycles. The summed E-state index contributed by atoms with van der Waals surface area (Å²) in [5, 5.41) is 3.35. The van der Waals surface area contributed by atoms with Gasteiger partial charge in [-0.1, -0.05) is 24.3 Å². The van der Waals surface area contributed by atoms with Crippen molar-refractivity contribution in [2.75, 3.05) is 37.8 Å². The van der Waals surface area contributed by atoms with Crippen molar-refractivity contribution in [3.05, 3.63) is 88.0 Å². The maximum absolute atomic E-state index is 13.6. The third-order valence-electron chi connectivity index (χ3n) is 7.27. The number of hydrogen-bond donors (Lipinski definition) is 1. The van der Waals surface area contributed by atoms with Gasteiger partial charge in [-0.05, 0) is 61.6 Å². The number of carbonyl (C=O) groups is 2. The molecule has 7 heteroatoms. The van der Waals surface area contributed by atoms with Crippen molar-refractivity contribution in [3.8, 4) is 0 Å². The average Bonchev–Trinajstić information content (AvgIpc) is 2.89. The number of ether oxygens (including phenoxy) is 2. The van der Waals surface area contributed by atoms with Crippen LogP contribution in [0.25, 0.3) is 0 Å². The van der Waals surface area contributed by atoms with Gasteiger partial charge in [-0.15, -0.1) is 0 Å². The molecule has 1 N–H and O–H groups in total. The Labute approximate surface area is 210 Å². The molecule has 0 unspecified atom stereocenters. The number of carbonyl (C=O) groups excluding carboxylic acids is 2. The Balaban J connectivity index is 1.52. The molecule has 2 heterocycles. The first-order valence-electron chi connectivity index (χ1n) is 12.6. The molecule has 0 aromatic heterocycles. The molecule has 0 saturated carbocycles. The lowest BCUT2D eigenvalue weighted by Crippen LogP contribution is -2.36. The van der Waals surface area contributed by atoms with Crippen LogP contribution in [0, 0.1) is 5.82 Å². The van der Waals surface area contributed by atoms with Crippen molar-refractivity contribution in [1.29, 1.82) is 0 Å². The minimum Gasteiger partial charge on any atom is -0.463 e. The van der Waals surface area contributed by atoms with E-state index in [1.807, 2.05) is 19.1 Å². The molecule has 2 atom stereocenters. The first-order valence-corrected chi connectivity index (χ1v) is 12.6. The third-order valence-corrected chi connectivity index (χ3v) is 7.27. The van der Waals surface area contributed by atoms with Crippen LogP contribution in [-0.2, 0) is 19.1 Å². The van der Waals surface area contributed by atoms with Crippen LogP contribution in [0.2, 0.25) is 0 Å². The van der Waals surface area contributed by atoms with Gasteiger partial charge in [0, 0.05) is 48.1 Å². The van der Waals surface area contributed by atoms with Crippen molar-refractivity contribution < 1.29 is 23.5 Å². The maximum atomic E-state index is 13.6. The molecule has 36 heavy (non-hydrogen) atoms. The lowest BCUT2D eigenvalue weighted by molar-refractivity contribution is -0.138. The van der Waals surface area contributed by atoms with Crippen LogP contribution in [-0.4, -0.2) is 44.7 Å². The number of ketones is 1. The fourth-order valence-corrected chi connectivity index (χ4v) is 5.52. The van der Waals surface area contributed by atoms with Gasteiger partial charge in [0.25, 0.3) is 0 Å². The number of dihydropyridines is 1. The molecule has 5 rings (SSSR count). The molecule has 0 amide bonds. The quantitative estimate of drug-likeness (QED) is 0.619. The number of benzene rings is 2. The fourth-order valence-electron chi connectivity index (χ4n) is 5.52. The number of esters is 1. The largest absolute Gasteiger partial charge is 0.463 e. The normalized spacial score (nSPS) is 22.3. The Morgan fingerprint density at radius 3 is 2.39 bits per heavy atom. The summed E-state index contributed by atoms with van der Waals surface area (Å²) in [5.41, 5.74) is 5.54. The van der Waals surface area contributed by atoms with Gasteiger partial charge in [0.15, 0.2) is 5.78 Å². The van der Waals surface area contributed by atoms with Crippen LogP contribution in [0.4, 0.5) is 10.1 Å². The number of anilines is 1. The number of Topliss-reactive ketones (excluding diaryl/α,β-unsaturated/α-hetero) is 1. The van der Waals surface area contributed by atoms with Crippen molar-refractivity contribution in [2.24, 2.45) is 0 Å². The Kier molecular flexibility index (Phi) is 6.92. The summed E-state index contributed by atoms with van der Waals surface area (Å²) >= 11 is 0. The summed E-state index contributed by atoms with van der Waals surface area (Å²) in [7, 11) is 0. The fraction of sp³-hybridized carbons (Fsp3) is 0.379. The van der Waals surface area contributed by atoms with E-state index in [1.54, 1.807) is 19.1 Å². The summed E-state index contributed by atoms with van der Waals surface area (Å²) < 4.78 is 24.3. The van der Waals surface area contributed by atoms with E-state index >= 15 is 0 Å². The van der Waals surface area contributed by atoms with E-state index in [1.165, 1.54) is 12.1 Å². The summed E-state index contributed by atoms with van der Waals surface area (Å²) in [6.07, 6.45) is 0.923. The highest BCUT2D eigenvalue weighted by atomic mass is 19.1. The summed E-state index contributed by atoms with van der Waals surface area (Å²) in [5.74, 6) is -1.26. The van der Waals surface area contributed by atoms with Crippen molar-refractivity contribution in [1.82, 2.24) is 5.32 Å². The second kappa shape index (κ2) is 10.3. The van der Waals surface area contributed by atoms with E-state index in [2.05, 4.69) is 22.3 Å². The predicted molar refractivity (Wildman–Crippen MR) is 135 cm³/mol. The van der Waals surface area contributed by atoms with Crippen LogP contribution in [0.1, 0.15) is 49.7 Å². The Morgan fingerprint density at radius 2 is 1.72 bits per heavy atom. The number of allylic oxidation sites excluding steroid dienone is 3. The van der Waals surface area contributed by atoms with Crippen LogP contribution < -0.4 is 10.2 Å². The molecular formula is C29H31FN2O4. The molecule has 1 aliphatic carbocycles. The standard InChI is InChI=1S/C29H31FN2O4/c1-3-36-29(34)26-18(2)31-24-16-21(19-4-8-22(30)9-5-19)17-25(33)28(24)27(26)20-6-10-23(11-7-20)32-12-14-35-15-13-32/h4-11,21,27,31H,3,12-17H2,1-2H3/t21-,27+/m0/s1. The van der Waals surface area contributed by atoms with E-state index in [0.717, 1.165) is 35.6 Å². The highest BCUT2D eigenvalue weighted by Crippen LogP contribution is 2.46. The van der Waals surface area contributed by atoms with Gasteiger partial charge < -0.3 is 19.7 Å². The zero-order valence-electron chi connectivity index (χ0n) is 20.7. The van der Waals surface area contributed by atoms with E-state index in [9.17, 15) is 14.0 Å². The second-order valence-electron chi connectivity index (χ2n) is 9.48. The van der Waals surface area contributed by atoms with Gasteiger partial charge in [-0.25, -0.2) is 9.18 Å². The predicted octanol–water partition coefficient (Wildman–Crippen LogP) is 4.59. The number of hydrogen-bond acceptors (Lipinski definition) is 6. The molecular weight excluding hydrogens is 459 g/mol. The number of morpholine rings is 1. The smallest absolute Gasteiger partial charge is 0.336 e. The number of nitrogens with one attached hydrogen (secondary N) is 1. The van der Waals surface area contributed by atoms with Crippen LogP contribution >= 0.6 is 0 Å². The summed E-state index contributed by atoms with van der Waals surface area (Å²) in [6.45, 7) is 6.95. The average molecular weight is 491 g/mol. The van der Waals surface area contributed by atoms with Gasteiger partial charge in [-0.3, -0.25) is 4.79 Å². The van der Waals surface area contributed by atoms with Crippen molar-refractivity contribution in [3.63, 3.8) is 0 Å². The summed E-state index contributed by atoms with van der Waals surface area (Å²) in [4.78, 5) is 29.0. The zero-order chi connectivity index (χ0) is 25.2. The van der Waals surface area contributed by atoms with Crippen LogP contribution in [0.3, 0.4) is 0 Å². The molecule has 2 aromatic rings. The van der Waals surface area contributed by atoms with Gasteiger partial charge >= 0.3 is 5.97 Å². The first-order chi connectivity index (χ1) is 17.5. The van der Waals surface area contributed by atoms with E-state index < -0.39 is 11.9 Å². The Morgan fingerprint density at radius 1 is 1.06 bits per heavy atom. The minimum absolute atomic E-state index is 0.00497. The molecule has 1 fully saturated rings. The lowest BCUT2D eigenvalue weighted by atomic mass is 9.71. The second-order valence-corrected chi connectivity index (χ2v) is 9.48. The van der Waals surface area contributed by atoms with Gasteiger partial charge in [0.1, 0.15) is 5.82 Å². The van der Waals surface area contributed by atoms with Crippen molar-refractivity contribution in [2.45, 2.75) is 38.5 Å².